The molecule has 2 nitrogen and oxygen atoms in total. The Hall–Kier alpha value is -0.980. The quantitative estimate of drug-likeness (QED) is 0.800. The summed E-state index contributed by atoms with van der Waals surface area (Å²) in [6.45, 7) is 0. The van der Waals surface area contributed by atoms with Crippen molar-refractivity contribution in [2.45, 2.75) is 9.24 Å². The number of aromatic nitrogens is 1. The lowest BCUT2D eigenvalue weighted by molar-refractivity contribution is 0.112. The monoisotopic (exact) mass is 291 g/mol. The van der Waals surface area contributed by atoms with E-state index in [-0.39, 0.29) is 5.15 Å². The molecule has 0 N–H and O–H groups in total. The molecule has 0 aliphatic heterocycles. The highest BCUT2D eigenvalue weighted by Gasteiger charge is 2.11. The van der Waals surface area contributed by atoms with Crippen LogP contribution in [0.3, 0.4) is 0 Å². The van der Waals surface area contributed by atoms with Gasteiger partial charge in [0.25, 0.3) is 0 Å². The molecule has 2 rings (SSSR count). The first-order chi connectivity index (χ1) is 8.10. The van der Waals surface area contributed by atoms with Gasteiger partial charge >= 0.3 is 0 Å². The first kappa shape index (κ1) is 12.5. The fourth-order valence-corrected chi connectivity index (χ4v) is 3.26. The highest BCUT2D eigenvalue weighted by Crippen LogP contribution is 2.34. The maximum absolute atomic E-state index is 12.9. The molecule has 7 heteroatoms. The number of rotatable bonds is 3. The molecule has 1 aromatic carbocycles. The van der Waals surface area contributed by atoms with Crippen LogP contribution < -0.4 is 0 Å². The number of aldehydes is 1. The summed E-state index contributed by atoms with van der Waals surface area (Å²) in [6.07, 6.45) is 0.606. The van der Waals surface area contributed by atoms with Crippen molar-refractivity contribution in [2.75, 3.05) is 0 Å². The van der Waals surface area contributed by atoms with Crippen LogP contribution in [-0.2, 0) is 0 Å². The third-order valence-electron chi connectivity index (χ3n) is 1.79. The van der Waals surface area contributed by atoms with E-state index in [1.165, 1.54) is 6.07 Å². The number of benzene rings is 1. The molecule has 0 fully saturated rings. The third-order valence-corrected chi connectivity index (χ3v) is 4.22. The van der Waals surface area contributed by atoms with Gasteiger partial charge < -0.3 is 0 Å². The zero-order valence-electron chi connectivity index (χ0n) is 8.12. The van der Waals surface area contributed by atoms with Gasteiger partial charge in [-0.3, -0.25) is 4.79 Å². The lowest BCUT2D eigenvalue weighted by atomic mass is 10.3. The maximum atomic E-state index is 12.9. The normalized spacial score (nSPS) is 10.5. The van der Waals surface area contributed by atoms with E-state index < -0.39 is 11.6 Å². The Bertz CT molecular complexity index is 573. The van der Waals surface area contributed by atoms with Crippen molar-refractivity contribution >= 4 is 41.0 Å². The molecule has 0 saturated carbocycles. The standard InChI is InChI=1S/C10H4ClF2NOS2/c11-9-8(4-15)17-10(14-9)16-5-1-2-6(12)7(13)3-5/h1-4H. The lowest BCUT2D eigenvalue weighted by Crippen LogP contribution is -1.83. The van der Waals surface area contributed by atoms with Crippen molar-refractivity contribution in [3.8, 4) is 0 Å². The van der Waals surface area contributed by atoms with Crippen LogP contribution in [-0.4, -0.2) is 11.3 Å². The van der Waals surface area contributed by atoms with E-state index in [1.54, 1.807) is 0 Å². The number of thiazole rings is 1. The molecule has 88 valence electrons. The van der Waals surface area contributed by atoms with Gasteiger partial charge in [0, 0.05) is 4.90 Å². The predicted molar refractivity (Wildman–Crippen MR) is 63.0 cm³/mol. The average Bonchev–Trinajstić information content (AvgIpc) is 2.64. The zero-order chi connectivity index (χ0) is 12.4. The Kier molecular flexibility index (Phi) is 3.76. The van der Waals surface area contributed by atoms with Gasteiger partial charge in [-0.15, -0.1) is 11.3 Å². The summed E-state index contributed by atoms with van der Waals surface area (Å²) in [5.41, 5.74) is 0. The summed E-state index contributed by atoms with van der Waals surface area (Å²) in [7, 11) is 0. The molecule has 0 bridgehead atoms. The number of carbonyl (C=O) groups excluding carboxylic acids is 1. The first-order valence-electron chi connectivity index (χ1n) is 4.34. The van der Waals surface area contributed by atoms with E-state index in [0.29, 0.717) is 20.4 Å². The van der Waals surface area contributed by atoms with Gasteiger partial charge in [-0.1, -0.05) is 23.4 Å². The van der Waals surface area contributed by atoms with Gasteiger partial charge in [-0.2, -0.15) is 0 Å². The smallest absolute Gasteiger partial charge is 0.163 e. The Morgan fingerprint density at radius 2 is 2.12 bits per heavy atom. The van der Waals surface area contributed by atoms with E-state index in [9.17, 15) is 13.6 Å². The largest absolute Gasteiger partial charge is 0.297 e. The second kappa shape index (κ2) is 5.12. The van der Waals surface area contributed by atoms with Crippen LogP contribution in [0.15, 0.2) is 27.4 Å². The minimum Gasteiger partial charge on any atom is -0.297 e. The van der Waals surface area contributed by atoms with Crippen molar-refractivity contribution in [3.63, 3.8) is 0 Å². The second-order valence-electron chi connectivity index (χ2n) is 2.93. The molecule has 0 saturated heterocycles. The molecule has 1 aromatic heterocycles. The summed E-state index contributed by atoms with van der Waals surface area (Å²) >= 11 is 7.91. The van der Waals surface area contributed by atoms with Crippen LogP contribution in [0.25, 0.3) is 0 Å². The van der Waals surface area contributed by atoms with Gasteiger partial charge in [0.2, 0.25) is 0 Å². The van der Waals surface area contributed by atoms with E-state index >= 15 is 0 Å². The summed E-state index contributed by atoms with van der Waals surface area (Å²) in [4.78, 5) is 15.3. The first-order valence-corrected chi connectivity index (χ1v) is 6.35. The number of hydrogen-bond acceptors (Lipinski definition) is 4. The zero-order valence-corrected chi connectivity index (χ0v) is 10.5. The molecular formula is C10H4ClF2NOS2. The lowest BCUT2D eigenvalue weighted by Gasteiger charge is -1.98. The number of nitrogens with zero attached hydrogens (tertiary/aromatic N) is 1. The van der Waals surface area contributed by atoms with Crippen molar-refractivity contribution in [2.24, 2.45) is 0 Å². The molecular weight excluding hydrogens is 288 g/mol. The highest BCUT2D eigenvalue weighted by atomic mass is 35.5. The molecule has 2 aromatic rings. The molecule has 0 atom stereocenters. The predicted octanol–water partition coefficient (Wildman–Crippen LogP) is 4.04. The summed E-state index contributed by atoms with van der Waals surface area (Å²) in [5, 5.41) is 0.120. The van der Waals surface area contributed by atoms with Gasteiger partial charge in [0.05, 0.1) is 0 Å². The third kappa shape index (κ3) is 2.83. The molecule has 0 amide bonds. The van der Waals surface area contributed by atoms with Crippen LogP contribution in [0.1, 0.15) is 9.67 Å². The number of hydrogen-bond donors (Lipinski definition) is 0. The van der Waals surface area contributed by atoms with Crippen LogP contribution >= 0.6 is 34.7 Å². The SMILES string of the molecule is O=Cc1sc(Sc2ccc(F)c(F)c2)nc1Cl. The Labute approximate surface area is 109 Å². The van der Waals surface area contributed by atoms with E-state index in [2.05, 4.69) is 4.98 Å². The van der Waals surface area contributed by atoms with Crippen LogP contribution in [0, 0.1) is 11.6 Å². The molecule has 0 radical (unpaired) electrons. The molecule has 0 aliphatic rings. The van der Waals surface area contributed by atoms with E-state index in [1.807, 2.05) is 0 Å². The van der Waals surface area contributed by atoms with Gasteiger partial charge in [0.15, 0.2) is 27.4 Å². The fraction of sp³-hybridized carbons (Fsp3) is 0. The van der Waals surface area contributed by atoms with Crippen molar-refractivity contribution in [1.82, 2.24) is 4.98 Å². The summed E-state index contributed by atoms with van der Waals surface area (Å²) in [6, 6.07) is 3.53. The molecule has 0 spiro atoms. The Morgan fingerprint density at radius 3 is 2.71 bits per heavy atom. The van der Waals surface area contributed by atoms with Crippen molar-refractivity contribution < 1.29 is 13.6 Å². The van der Waals surface area contributed by atoms with Crippen LogP contribution in [0.5, 0.6) is 0 Å². The number of halogens is 3. The van der Waals surface area contributed by atoms with Crippen molar-refractivity contribution in [3.05, 3.63) is 39.9 Å². The molecule has 17 heavy (non-hydrogen) atoms. The summed E-state index contributed by atoms with van der Waals surface area (Å²) in [5.74, 6) is -1.83. The van der Waals surface area contributed by atoms with Crippen LogP contribution in [0.2, 0.25) is 5.15 Å². The summed E-state index contributed by atoms with van der Waals surface area (Å²) < 4.78 is 26.1. The minimum absolute atomic E-state index is 0.120. The average molecular weight is 292 g/mol. The number of carbonyl (C=O) groups is 1. The van der Waals surface area contributed by atoms with Gasteiger partial charge in [0.1, 0.15) is 4.88 Å². The highest BCUT2D eigenvalue weighted by molar-refractivity contribution is 8.01. The van der Waals surface area contributed by atoms with Crippen LogP contribution in [0.4, 0.5) is 8.78 Å². The topological polar surface area (TPSA) is 30.0 Å². The molecule has 0 unspecified atom stereocenters. The molecule has 1 heterocycles. The Balaban J connectivity index is 2.25. The van der Waals surface area contributed by atoms with Gasteiger partial charge in [-0.25, -0.2) is 13.8 Å². The second-order valence-corrected chi connectivity index (χ2v) is 5.64. The van der Waals surface area contributed by atoms with E-state index in [4.69, 9.17) is 11.6 Å². The molecule has 0 aliphatic carbocycles. The maximum Gasteiger partial charge on any atom is 0.163 e. The minimum atomic E-state index is -0.923. The fourth-order valence-electron chi connectivity index (χ4n) is 1.05. The van der Waals surface area contributed by atoms with Gasteiger partial charge in [-0.05, 0) is 18.2 Å². The Morgan fingerprint density at radius 1 is 1.35 bits per heavy atom. The van der Waals surface area contributed by atoms with E-state index in [0.717, 1.165) is 35.2 Å². The van der Waals surface area contributed by atoms with Crippen molar-refractivity contribution in [1.29, 1.82) is 0 Å².